The number of rotatable bonds is 12. The van der Waals surface area contributed by atoms with E-state index in [4.69, 9.17) is 4.74 Å². The number of carboxylic acid groups (broad SMARTS) is 1. The molecule has 0 fully saturated rings. The van der Waals surface area contributed by atoms with Crippen LogP contribution in [-0.4, -0.2) is 35.9 Å². The van der Waals surface area contributed by atoms with Crippen molar-refractivity contribution in [3.05, 3.63) is 161 Å². The number of hydrogen-bond acceptors (Lipinski definition) is 6. The van der Waals surface area contributed by atoms with Crippen LogP contribution in [-0.2, 0) is 9.59 Å². The third-order valence-corrected chi connectivity index (χ3v) is 8.31. The molecule has 0 radical (unpaired) electrons. The summed E-state index contributed by atoms with van der Waals surface area (Å²) in [6.07, 6.45) is 1.57. The average molecular weight is 658 g/mol. The van der Waals surface area contributed by atoms with Crippen molar-refractivity contribution < 1.29 is 29.0 Å². The lowest BCUT2D eigenvalue weighted by atomic mass is 10.1. The van der Waals surface area contributed by atoms with Crippen molar-refractivity contribution in [1.82, 2.24) is 5.32 Å². The number of amides is 3. The van der Waals surface area contributed by atoms with Crippen molar-refractivity contribution in [2.45, 2.75) is 10.1 Å². The molecule has 5 rings (SSSR count). The van der Waals surface area contributed by atoms with E-state index in [9.17, 15) is 24.3 Å². The largest absolute Gasteiger partial charge is 0.497 e. The lowest BCUT2D eigenvalue weighted by Crippen LogP contribution is -2.30. The minimum absolute atomic E-state index is 0.0350. The van der Waals surface area contributed by atoms with Gasteiger partial charge in [0, 0.05) is 21.8 Å². The van der Waals surface area contributed by atoms with Crippen LogP contribution in [0, 0.1) is 0 Å². The van der Waals surface area contributed by atoms with Crippen LogP contribution >= 0.6 is 11.8 Å². The Morgan fingerprint density at radius 1 is 0.708 bits per heavy atom. The first kappa shape index (κ1) is 33.2. The van der Waals surface area contributed by atoms with E-state index in [2.05, 4.69) is 16.0 Å². The highest BCUT2D eigenvalue weighted by Gasteiger charge is 2.23. The summed E-state index contributed by atoms with van der Waals surface area (Å²) < 4.78 is 5.30. The Labute approximate surface area is 281 Å². The van der Waals surface area contributed by atoms with E-state index in [0.717, 1.165) is 10.5 Å². The van der Waals surface area contributed by atoms with Gasteiger partial charge in [-0.05, 0) is 90.0 Å². The van der Waals surface area contributed by atoms with Crippen molar-refractivity contribution in [3.8, 4) is 5.75 Å². The summed E-state index contributed by atoms with van der Waals surface area (Å²) >= 11 is 1.32. The maximum Gasteiger partial charge on any atom is 0.335 e. The molecule has 1 atom stereocenters. The van der Waals surface area contributed by atoms with Crippen LogP contribution in [0.4, 0.5) is 11.4 Å². The molecule has 0 aliphatic carbocycles. The van der Waals surface area contributed by atoms with Crippen LogP contribution in [0.15, 0.2) is 144 Å². The molecular weight excluding hydrogens is 626 g/mol. The van der Waals surface area contributed by atoms with Crippen LogP contribution in [0.2, 0.25) is 0 Å². The van der Waals surface area contributed by atoms with E-state index in [0.29, 0.717) is 28.3 Å². The Morgan fingerprint density at radius 3 is 1.98 bits per heavy atom. The number of carboxylic acids is 1. The van der Waals surface area contributed by atoms with Crippen LogP contribution in [0.25, 0.3) is 6.08 Å². The number of hydrogen-bond donors (Lipinski definition) is 4. The second-order valence-electron chi connectivity index (χ2n) is 10.4. The average Bonchev–Trinajstić information content (AvgIpc) is 3.12. The first-order chi connectivity index (χ1) is 23.3. The summed E-state index contributed by atoms with van der Waals surface area (Å²) in [5, 5.41) is 17.0. The highest BCUT2D eigenvalue weighted by molar-refractivity contribution is 8.00. The predicted molar refractivity (Wildman–Crippen MR) is 187 cm³/mol. The van der Waals surface area contributed by atoms with Gasteiger partial charge in [0.1, 0.15) is 16.7 Å². The first-order valence-electron chi connectivity index (χ1n) is 14.8. The summed E-state index contributed by atoms with van der Waals surface area (Å²) in [5.74, 6) is -1.70. The number of carbonyl (C=O) groups is 4. The van der Waals surface area contributed by atoms with Crippen molar-refractivity contribution in [2.75, 3.05) is 17.7 Å². The molecule has 0 saturated carbocycles. The smallest absolute Gasteiger partial charge is 0.335 e. The van der Waals surface area contributed by atoms with Crippen molar-refractivity contribution in [3.63, 3.8) is 0 Å². The highest BCUT2D eigenvalue weighted by Crippen LogP contribution is 2.37. The number of ether oxygens (including phenoxy) is 1. The fraction of sp³-hybridized carbons (Fsp3) is 0.0526. The second-order valence-corrected chi connectivity index (χ2v) is 11.6. The van der Waals surface area contributed by atoms with Gasteiger partial charge in [0.25, 0.3) is 11.8 Å². The summed E-state index contributed by atoms with van der Waals surface area (Å²) in [4.78, 5) is 51.9. The number of carbonyl (C=O) groups excluding carboxylic acids is 3. The van der Waals surface area contributed by atoms with Crippen LogP contribution in [0.1, 0.15) is 37.1 Å². The van der Waals surface area contributed by atoms with Crippen molar-refractivity contribution in [2.24, 2.45) is 0 Å². The van der Waals surface area contributed by atoms with E-state index in [1.807, 2.05) is 30.3 Å². The molecule has 48 heavy (non-hydrogen) atoms. The van der Waals surface area contributed by atoms with E-state index >= 15 is 0 Å². The Hall–Kier alpha value is -6.13. The van der Waals surface area contributed by atoms with E-state index < -0.39 is 23.0 Å². The highest BCUT2D eigenvalue weighted by atomic mass is 32.2. The van der Waals surface area contributed by atoms with Gasteiger partial charge in [-0.2, -0.15) is 0 Å². The van der Waals surface area contributed by atoms with Gasteiger partial charge in [-0.25, -0.2) is 4.79 Å². The molecule has 0 saturated heterocycles. The van der Waals surface area contributed by atoms with E-state index in [1.54, 1.807) is 104 Å². The lowest BCUT2D eigenvalue weighted by molar-refractivity contribution is -0.116. The Balaban J connectivity index is 1.32. The zero-order valence-electron chi connectivity index (χ0n) is 25.8. The SMILES string of the molecule is COc1cccc(/C=C(\NC(=O)c2ccccc2)C(=O)Nc2ccc(SC(C(=O)Nc3ccc(C(=O)O)cc3)c3ccccc3)cc2)c1. The summed E-state index contributed by atoms with van der Waals surface area (Å²) in [5.41, 5.74) is 2.94. The van der Waals surface area contributed by atoms with Gasteiger partial charge < -0.3 is 25.8 Å². The van der Waals surface area contributed by atoms with E-state index in [-0.39, 0.29) is 17.2 Å². The van der Waals surface area contributed by atoms with E-state index in [1.165, 1.54) is 23.9 Å². The van der Waals surface area contributed by atoms with Gasteiger partial charge in [0.05, 0.1) is 12.7 Å². The van der Waals surface area contributed by atoms with Gasteiger partial charge in [0.2, 0.25) is 5.91 Å². The molecule has 0 heterocycles. The summed E-state index contributed by atoms with van der Waals surface area (Å²) in [6, 6.07) is 38.0. The number of aromatic carboxylic acids is 1. The normalized spacial score (nSPS) is 11.6. The molecule has 0 bridgehead atoms. The van der Waals surface area contributed by atoms with Gasteiger partial charge in [-0.1, -0.05) is 60.7 Å². The first-order valence-corrected chi connectivity index (χ1v) is 15.7. The standard InChI is InChI=1S/C38H31N3O6S/c1-47-31-14-8-9-25(23-31)24-33(41-35(42)27-12-6-3-7-13-27)36(43)39-30-19-21-32(22-20-30)48-34(26-10-4-2-5-11-26)37(44)40-29-17-15-28(16-18-29)38(45)46/h2-24,34H,1H3,(H,39,43)(H,40,44)(H,41,42)(H,45,46)/b33-24-. The van der Waals surface area contributed by atoms with Crippen molar-refractivity contribution in [1.29, 1.82) is 0 Å². The van der Waals surface area contributed by atoms with Gasteiger partial charge in [-0.15, -0.1) is 11.8 Å². The van der Waals surface area contributed by atoms with Gasteiger partial charge in [0.15, 0.2) is 0 Å². The molecule has 0 spiro atoms. The molecule has 240 valence electrons. The van der Waals surface area contributed by atoms with Crippen LogP contribution in [0.3, 0.4) is 0 Å². The van der Waals surface area contributed by atoms with Crippen LogP contribution < -0.4 is 20.7 Å². The zero-order valence-corrected chi connectivity index (χ0v) is 26.6. The molecule has 5 aromatic carbocycles. The van der Waals surface area contributed by atoms with Crippen LogP contribution in [0.5, 0.6) is 5.75 Å². The van der Waals surface area contributed by atoms with Gasteiger partial charge in [-0.3, -0.25) is 14.4 Å². The third kappa shape index (κ3) is 8.99. The third-order valence-electron chi connectivity index (χ3n) is 7.04. The molecule has 10 heteroatoms. The van der Waals surface area contributed by atoms with Crippen molar-refractivity contribution >= 4 is 52.9 Å². The molecule has 0 aliphatic heterocycles. The monoisotopic (exact) mass is 657 g/mol. The fourth-order valence-corrected chi connectivity index (χ4v) is 5.62. The molecule has 3 amide bonds. The zero-order chi connectivity index (χ0) is 33.9. The molecule has 5 aromatic rings. The maximum atomic E-state index is 13.5. The minimum atomic E-state index is -1.05. The van der Waals surface area contributed by atoms with Gasteiger partial charge >= 0.3 is 5.97 Å². The molecule has 0 aromatic heterocycles. The molecule has 4 N–H and O–H groups in total. The predicted octanol–water partition coefficient (Wildman–Crippen LogP) is 7.28. The molecule has 0 aliphatic rings. The number of nitrogens with one attached hydrogen (secondary N) is 3. The molecular formula is C38H31N3O6S. The summed E-state index contributed by atoms with van der Waals surface area (Å²) in [6.45, 7) is 0. The number of anilines is 2. The Bertz CT molecular complexity index is 1930. The quantitative estimate of drug-likeness (QED) is 0.0819. The minimum Gasteiger partial charge on any atom is -0.497 e. The number of thioether (sulfide) groups is 1. The molecule has 9 nitrogen and oxygen atoms in total. The second kappa shape index (κ2) is 15.9. The number of methoxy groups -OCH3 is 1. The number of benzene rings is 5. The molecule has 1 unspecified atom stereocenters. The topological polar surface area (TPSA) is 134 Å². The fourth-order valence-electron chi connectivity index (χ4n) is 4.60. The Morgan fingerprint density at radius 2 is 1.33 bits per heavy atom. The Kier molecular flexibility index (Phi) is 11.0. The summed E-state index contributed by atoms with van der Waals surface area (Å²) in [7, 11) is 1.55. The maximum absolute atomic E-state index is 13.5. The lowest BCUT2D eigenvalue weighted by Gasteiger charge is -2.18.